The molecule has 0 spiro atoms. The van der Waals surface area contributed by atoms with Gasteiger partial charge in [-0.25, -0.2) is 0 Å². The quantitative estimate of drug-likeness (QED) is 0.139. The highest BCUT2D eigenvalue weighted by atomic mass is 32.1. The predicted octanol–water partition coefficient (Wildman–Crippen LogP) is 19.9. The molecule has 11 aromatic carbocycles. The largest absolute Gasteiger partial charge is 0.311 e. The van der Waals surface area contributed by atoms with E-state index >= 15 is 0 Å². The van der Waals surface area contributed by atoms with Gasteiger partial charge in [0.25, 0.3) is 0 Å². The van der Waals surface area contributed by atoms with Crippen LogP contribution >= 0.6 is 22.7 Å². The van der Waals surface area contributed by atoms with Gasteiger partial charge in [-0.1, -0.05) is 194 Å². The topological polar surface area (TPSA) is 3.24 Å². The molecule has 0 atom stereocenters. The summed E-state index contributed by atoms with van der Waals surface area (Å²) in [5, 5.41) is 5.26. The molecule has 0 unspecified atom stereocenters. The maximum atomic E-state index is 2.39. The first-order valence-corrected chi connectivity index (χ1v) is 25.1. The number of hydrogen-bond donors (Lipinski definition) is 0. The maximum absolute atomic E-state index is 2.39. The Hall–Kier alpha value is -8.34. The van der Waals surface area contributed by atoms with E-state index in [1.807, 2.05) is 22.7 Å². The van der Waals surface area contributed by atoms with Crippen molar-refractivity contribution in [2.45, 2.75) is 0 Å². The fourth-order valence-electron chi connectivity index (χ4n) is 10.0. The minimum atomic E-state index is 1.09. The lowest BCUT2D eigenvalue weighted by molar-refractivity contribution is 1.28. The van der Waals surface area contributed by atoms with E-state index in [1.165, 1.54) is 102 Å². The normalized spacial score (nSPS) is 11.5. The van der Waals surface area contributed by atoms with Crippen molar-refractivity contribution in [3.05, 3.63) is 261 Å². The SMILES string of the molecule is c1ccc(-c2ccc(-c3cc(-c4ccccc4)cc(-c4ccc(N(c5ccc(-c6cccc7c6sc6ccccc67)cc5)c5ccc(-c6cccc7c6sc6ccccc67)cc5)cc4)c3)cc2)cc1. The molecule has 0 aliphatic heterocycles. The lowest BCUT2D eigenvalue weighted by atomic mass is 9.92. The van der Waals surface area contributed by atoms with Gasteiger partial charge >= 0.3 is 0 Å². The van der Waals surface area contributed by atoms with Gasteiger partial charge < -0.3 is 4.90 Å². The van der Waals surface area contributed by atoms with E-state index in [0.29, 0.717) is 0 Å². The second-order valence-electron chi connectivity index (χ2n) is 17.6. The molecule has 0 N–H and O–H groups in total. The Labute approximate surface area is 410 Å². The van der Waals surface area contributed by atoms with E-state index in [4.69, 9.17) is 0 Å². The maximum Gasteiger partial charge on any atom is 0.0462 e. The zero-order valence-corrected chi connectivity index (χ0v) is 39.2. The van der Waals surface area contributed by atoms with Crippen molar-refractivity contribution in [3.63, 3.8) is 0 Å². The van der Waals surface area contributed by atoms with Crippen molar-refractivity contribution < 1.29 is 0 Å². The summed E-state index contributed by atoms with van der Waals surface area (Å²) in [5.74, 6) is 0. The summed E-state index contributed by atoms with van der Waals surface area (Å²) >= 11 is 3.75. The zero-order chi connectivity index (χ0) is 45.7. The van der Waals surface area contributed by atoms with Crippen LogP contribution in [0, 0.1) is 0 Å². The van der Waals surface area contributed by atoms with Gasteiger partial charge in [-0.15, -0.1) is 22.7 Å². The van der Waals surface area contributed by atoms with E-state index < -0.39 is 0 Å². The molecule has 0 bridgehead atoms. The van der Waals surface area contributed by atoms with Crippen LogP contribution in [0.1, 0.15) is 0 Å². The summed E-state index contributed by atoms with van der Waals surface area (Å²) in [6.45, 7) is 0. The lowest BCUT2D eigenvalue weighted by Gasteiger charge is -2.26. The fraction of sp³-hybridized carbons (Fsp3) is 0. The standard InChI is InChI=1S/C66H43NS2/c1-3-13-44(14-4-1)46-25-27-47(28-26-46)52-41-51(45-15-5-2-6-16-45)42-53(43-52)48-29-35-54(36-30-48)67(55-37-31-49(32-38-55)57-19-11-21-61-59-17-7-9-23-63(59)68-65(57)61)56-39-33-50(34-40-56)58-20-12-22-62-60-18-8-10-24-64(60)69-66(58)62/h1-43H. The molecule has 0 aliphatic rings. The summed E-state index contributed by atoms with van der Waals surface area (Å²) in [5.41, 5.74) is 17.8. The average molecular weight is 914 g/mol. The van der Waals surface area contributed by atoms with Crippen LogP contribution in [-0.4, -0.2) is 0 Å². The third-order valence-corrected chi connectivity index (χ3v) is 15.9. The molecule has 0 fully saturated rings. The van der Waals surface area contributed by atoms with Crippen LogP contribution < -0.4 is 4.90 Å². The molecule has 1 nitrogen and oxygen atoms in total. The van der Waals surface area contributed by atoms with Crippen molar-refractivity contribution in [2.75, 3.05) is 4.90 Å². The van der Waals surface area contributed by atoms with Gasteiger partial charge in [0.2, 0.25) is 0 Å². The van der Waals surface area contributed by atoms with Crippen molar-refractivity contribution in [1.82, 2.24) is 0 Å². The fourth-order valence-corrected chi connectivity index (χ4v) is 12.5. The third-order valence-electron chi connectivity index (χ3n) is 13.5. The molecule has 0 saturated carbocycles. The summed E-state index contributed by atoms with van der Waals surface area (Å²) in [4.78, 5) is 2.39. The second kappa shape index (κ2) is 17.4. The molecule has 3 heteroatoms. The molecule has 0 radical (unpaired) electrons. The van der Waals surface area contributed by atoms with Crippen molar-refractivity contribution in [1.29, 1.82) is 0 Å². The van der Waals surface area contributed by atoms with Gasteiger partial charge in [0, 0.05) is 57.4 Å². The highest BCUT2D eigenvalue weighted by molar-refractivity contribution is 7.26. The summed E-state index contributed by atoms with van der Waals surface area (Å²) in [6, 6.07) is 95.5. The Bertz CT molecular complexity index is 3800. The van der Waals surface area contributed by atoms with Gasteiger partial charge in [0.15, 0.2) is 0 Å². The number of benzene rings is 11. The third kappa shape index (κ3) is 7.59. The van der Waals surface area contributed by atoms with Crippen LogP contribution in [0.25, 0.3) is 107 Å². The monoisotopic (exact) mass is 913 g/mol. The van der Waals surface area contributed by atoms with Crippen molar-refractivity contribution >= 4 is 80.1 Å². The highest BCUT2D eigenvalue weighted by Crippen LogP contribution is 2.44. The molecule has 0 aliphatic carbocycles. The summed E-state index contributed by atoms with van der Waals surface area (Å²) < 4.78 is 5.29. The first kappa shape index (κ1) is 40.9. The van der Waals surface area contributed by atoms with E-state index in [-0.39, 0.29) is 0 Å². The molecule has 2 aromatic heterocycles. The van der Waals surface area contributed by atoms with E-state index in [1.54, 1.807) is 0 Å². The van der Waals surface area contributed by atoms with Crippen LogP contribution in [0.2, 0.25) is 0 Å². The molecule has 13 aromatic rings. The molecule has 13 rings (SSSR count). The van der Waals surface area contributed by atoms with Crippen molar-refractivity contribution in [3.8, 4) is 66.8 Å². The molecule has 0 amide bonds. The zero-order valence-electron chi connectivity index (χ0n) is 37.6. The lowest BCUT2D eigenvalue weighted by Crippen LogP contribution is -2.09. The van der Waals surface area contributed by atoms with Gasteiger partial charge in [0.05, 0.1) is 0 Å². The predicted molar refractivity (Wildman–Crippen MR) is 300 cm³/mol. The van der Waals surface area contributed by atoms with Crippen LogP contribution in [0.4, 0.5) is 17.1 Å². The molecule has 2 heterocycles. The number of hydrogen-bond acceptors (Lipinski definition) is 3. The van der Waals surface area contributed by atoms with Gasteiger partial charge in [0.1, 0.15) is 0 Å². The Morgan fingerprint density at radius 1 is 0.217 bits per heavy atom. The van der Waals surface area contributed by atoms with Crippen LogP contribution in [0.15, 0.2) is 261 Å². The Balaban J connectivity index is 0.892. The number of fused-ring (bicyclic) bond motifs is 6. The summed E-state index contributed by atoms with van der Waals surface area (Å²) in [6.07, 6.45) is 0. The Morgan fingerprint density at radius 2 is 0.522 bits per heavy atom. The van der Waals surface area contributed by atoms with E-state index in [9.17, 15) is 0 Å². The average Bonchev–Trinajstić information content (AvgIpc) is 4.01. The molecule has 69 heavy (non-hydrogen) atoms. The van der Waals surface area contributed by atoms with Crippen molar-refractivity contribution in [2.24, 2.45) is 0 Å². The minimum Gasteiger partial charge on any atom is -0.311 e. The second-order valence-corrected chi connectivity index (χ2v) is 19.7. The minimum absolute atomic E-state index is 1.09. The van der Waals surface area contributed by atoms with Crippen LogP contribution in [0.3, 0.4) is 0 Å². The van der Waals surface area contributed by atoms with E-state index in [0.717, 1.165) is 22.6 Å². The van der Waals surface area contributed by atoms with Gasteiger partial charge in [-0.2, -0.15) is 0 Å². The number of rotatable bonds is 9. The highest BCUT2D eigenvalue weighted by Gasteiger charge is 2.17. The molecular weight excluding hydrogens is 871 g/mol. The molecule has 0 saturated heterocycles. The molecular formula is C66H43NS2. The van der Waals surface area contributed by atoms with Gasteiger partial charge in [-0.3, -0.25) is 0 Å². The number of nitrogens with zero attached hydrogens (tertiary/aromatic N) is 1. The Kier molecular flexibility index (Phi) is 10.3. The first-order chi connectivity index (χ1) is 34.2. The Morgan fingerprint density at radius 3 is 0.942 bits per heavy atom. The van der Waals surface area contributed by atoms with Crippen LogP contribution in [-0.2, 0) is 0 Å². The molecule has 324 valence electrons. The first-order valence-electron chi connectivity index (χ1n) is 23.5. The van der Waals surface area contributed by atoms with E-state index in [2.05, 4.69) is 266 Å². The van der Waals surface area contributed by atoms with Crippen LogP contribution in [0.5, 0.6) is 0 Å². The van der Waals surface area contributed by atoms with Gasteiger partial charge in [-0.05, 0) is 133 Å². The summed E-state index contributed by atoms with van der Waals surface area (Å²) in [7, 11) is 0. The smallest absolute Gasteiger partial charge is 0.0462 e. The number of anilines is 3. The number of thiophene rings is 2.